The summed E-state index contributed by atoms with van der Waals surface area (Å²) in [4.78, 5) is 16.1. The predicted molar refractivity (Wildman–Crippen MR) is 109 cm³/mol. The van der Waals surface area contributed by atoms with Crippen molar-refractivity contribution < 1.29 is 27.8 Å². The molecule has 4 rings (SSSR count). The lowest BCUT2D eigenvalue weighted by molar-refractivity contribution is -0.139. The topological polar surface area (TPSA) is 77.2 Å². The molecule has 0 amide bonds. The zero-order chi connectivity index (χ0) is 22.2. The van der Waals surface area contributed by atoms with Gasteiger partial charge < -0.3 is 9.84 Å². The Kier molecular flexibility index (Phi) is 5.40. The zero-order valence-corrected chi connectivity index (χ0v) is 17.0. The van der Waals surface area contributed by atoms with E-state index >= 15 is 0 Å². The van der Waals surface area contributed by atoms with Crippen molar-refractivity contribution in [2.75, 3.05) is 6.61 Å². The van der Waals surface area contributed by atoms with Crippen molar-refractivity contribution in [3.63, 3.8) is 0 Å². The average molecular weight is 447 g/mol. The van der Waals surface area contributed by atoms with Gasteiger partial charge in [0.05, 0.1) is 29.5 Å². The first-order chi connectivity index (χ1) is 14.7. The number of alkyl halides is 3. The maximum atomic E-state index is 12.8. The van der Waals surface area contributed by atoms with Crippen LogP contribution in [0.2, 0.25) is 0 Å². The van der Waals surface area contributed by atoms with E-state index in [-0.39, 0.29) is 0 Å². The molecular weight excluding hydrogens is 431 g/mol. The molecule has 4 aromatic rings. The van der Waals surface area contributed by atoms with Crippen molar-refractivity contribution in [1.29, 1.82) is 0 Å². The minimum Gasteiger partial charge on any atom is -0.482 e. The van der Waals surface area contributed by atoms with E-state index in [0.29, 0.717) is 22.9 Å². The normalized spacial score (nSPS) is 11.7. The Morgan fingerprint density at radius 3 is 2.61 bits per heavy atom. The van der Waals surface area contributed by atoms with Crippen LogP contribution in [0.4, 0.5) is 13.2 Å². The Bertz CT molecular complexity index is 1250. The number of aryl methyl sites for hydroxylation is 1. The van der Waals surface area contributed by atoms with E-state index in [9.17, 15) is 18.0 Å². The highest BCUT2D eigenvalue weighted by molar-refractivity contribution is 7.15. The van der Waals surface area contributed by atoms with Gasteiger partial charge in [0.15, 0.2) is 6.61 Å². The van der Waals surface area contributed by atoms with E-state index in [1.807, 2.05) is 6.92 Å². The molecule has 0 spiro atoms. The van der Waals surface area contributed by atoms with Crippen molar-refractivity contribution >= 4 is 28.2 Å². The molecule has 10 heteroatoms. The molecular formula is C21H16F3N3O3S. The third-order valence-corrected chi connectivity index (χ3v) is 5.81. The summed E-state index contributed by atoms with van der Waals surface area (Å²) in [7, 11) is 0. The van der Waals surface area contributed by atoms with Gasteiger partial charge in [-0.25, -0.2) is 9.78 Å². The van der Waals surface area contributed by atoms with Crippen LogP contribution in [0.5, 0.6) is 5.75 Å². The molecule has 0 radical (unpaired) electrons. The number of hydrogen-bond acceptors (Lipinski definition) is 5. The quantitative estimate of drug-likeness (QED) is 0.450. The molecule has 0 aliphatic heterocycles. The highest BCUT2D eigenvalue weighted by Gasteiger charge is 2.30. The van der Waals surface area contributed by atoms with Crippen LogP contribution in [0.25, 0.3) is 21.5 Å². The van der Waals surface area contributed by atoms with Gasteiger partial charge in [-0.15, -0.1) is 11.3 Å². The number of thiazole rings is 1. The second-order valence-corrected chi connectivity index (χ2v) is 7.89. The molecule has 0 aliphatic carbocycles. The molecule has 0 atom stereocenters. The van der Waals surface area contributed by atoms with Gasteiger partial charge >= 0.3 is 12.1 Å². The van der Waals surface area contributed by atoms with E-state index in [4.69, 9.17) is 9.84 Å². The molecule has 1 N–H and O–H groups in total. The van der Waals surface area contributed by atoms with Gasteiger partial charge in [0.2, 0.25) is 0 Å². The Morgan fingerprint density at radius 2 is 1.94 bits per heavy atom. The lowest BCUT2D eigenvalue weighted by atomic mass is 10.1. The largest absolute Gasteiger partial charge is 0.482 e. The first kappa shape index (κ1) is 20.9. The van der Waals surface area contributed by atoms with Crippen molar-refractivity contribution in [2.24, 2.45) is 0 Å². The van der Waals surface area contributed by atoms with Crippen LogP contribution in [0.15, 0.2) is 48.7 Å². The number of aromatic nitrogens is 3. The highest BCUT2D eigenvalue weighted by atomic mass is 32.1. The monoisotopic (exact) mass is 447 g/mol. The maximum absolute atomic E-state index is 12.8. The van der Waals surface area contributed by atoms with Crippen LogP contribution >= 0.6 is 11.3 Å². The van der Waals surface area contributed by atoms with E-state index in [1.54, 1.807) is 29.1 Å². The Balaban J connectivity index is 1.55. The van der Waals surface area contributed by atoms with Gasteiger partial charge in [-0.3, -0.25) is 4.68 Å². The standard InChI is InChI=1S/C21H16F3N3O3S/c1-12-18(31-20(26-12)13-2-4-15(5-3-13)21(22,23)24)10-27-17-7-6-16(30-11-19(28)29)8-14(17)9-25-27/h2-9H,10-11H2,1H3,(H,28,29). The predicted octanol–water partition coefficient (Wildman–Crippen LogP) is 5.00. The molecule has 0 aliphatic rings. The number of ether oxygens (including phenoxy) is 1. The SMILES string of the molecule is Cc1nc(-c2ccc(C(F)(F)F)cc2)sc1Cn1ncc2cc(OCC(=O)O)ccc21. The molecule has 31 heavy (non-hydrogen) atoms. The number of fused-ring (bicyclic) bond motifs is 1. The minimum atomic E-state index is -4.37. The summed E-state index contributed by atoms with van der Waals surface area (Å²) in [5.41, 5.74) is 1.55. The second kappa shape index (κ2) is 8.03. The van der Waals surface area contributed by atoms with Gasteiger partial charge in [0.25, 0.3) is 0 Å². The van der Waals surface area contributed by atoms with Gasteiger partial charge in [0, 0.05) is 15.8 Å². The molecule has 0 saturated heterocycles. The molecule has 0 unspecified atom stereocenters. The summed E-state index contributed by atoms with van der Waals surface area (Å²) in [5.74, 6) is -0.617. The molecule has 2 heterocycles. The van der Waals surface area contributed by atoms with E-state index < -0.39 is 24.3 Å². The van der Waals surface area contributed by atoms with Crippen LogP contribution in [0.3, 0.4) is 0 Å². The maximum Gasteiger partial charge on any atom is 0.416 e. The summed E-state index contributed by atoms with van der Waals surface area (Å²) in [6, 6.07) is 10.1. The second-order valence-electron chi connectivity index (χ2n) is 6.81. The number of rotatable bonds is 6. The first-order valence-electron chi connectivity index (χ1n) is 9.15. The molecule has 2 aromatic carbocycles. The molecule has 6 nitrogen and oxygen atoms in total. The van der Waals surface area contributed by atoms with E-state index in [0.717, 1.165) is 33.6 Å². The van der Waals surface area contributed by atoms with Crippen LogP contribution in [-0.4, -0.2) is 32.4 Å². The highest BCUT2D eigenvalue weighted by Crippen LogP contribution is 2.33. The molecule has 0 saturated carbocycles. The lowest BCUT2D eigenvalue weighted by Crippen LogP contribution is -2.09. The van der Waals surface area contributed by atoms with E-state index in [1.165, 1.54) is 23.5 Å². The van der Waals surface area contributed by atoms with Crippen molar-refractivity contribution in [1.82, 2.24) is 14.8 Å². The van der Waals surface area contributed by atoms with Gasteiger partial charge in [-0.05, 0) is 37.3 Å². The number of aliphatic carboxylic acids is 1. The number of halogens is 3. The van der Waals surface area contributed by atoms with E-state index in [2.05, 4.69) is 10.1 Å². The number of nitrogens with zero attached hydrogens (tertiary/aromatic N) is 3. The molecule has 0 bridgehead atoms. The fraction of sp³-hybridized carbons (Fsp3) is 0.190. The third kappa shape index (κ3) is 4.53. The Hall–Kier alpha value is -3.40. The molecule has 2 aromatic heterocycles. The van der Waals surface area contributed by atoms with Crippen LogP contribution in [-0.2, 0) is 17.5 Å². The summed E-state index contributed by atoms with van der Waals surface area (Å²) >= 11 is 1.40. The number of carboxylic acids is 1. The molecule has 0 fully saturated rings. The number of carboxylic acid groups (broad SMARTS) is 1. The fourth-order valence-corrected chi connectivity index (χ4v) is 4.11. The molecule has 160 valence electrons. The number of benzene rings is 2. The summed E-state index contributed by atoms with van der Waals surface area (Å²) in [6.45, 7) is 1.87. The first-order valence-corrected chi connectivity index (χ1v) is 9.96. The van der Waals surface area contributed by atoms with Crippen molar-refractivity contribution in [3.05, 3.63) is 64.8 Å². The van der Waals surface area contributed by atoms with Crippen LogP contribution < -0.4 is 4.74 Å². The van der Waals surface area contributed by atoms with Crippen LogP contribution in [0.1, 0.15) is 16.1 Å². The number of carbonyl (C=O) groups is 1. The fourth-order valence-electron chi connectivity index (χ4n) is 3.06. The summed E-state index contributed by atoms with van der Waals surface area (Å²) < 4.78 is 45.3. The zero-order valence-electron chi connectivity index (χ0n) is 16.2. The van der Waals surface area contributed by atoms with Gasteiger partial charge in [-0.1, -0.05) is 12.1 Å². The van der Waals surface area contributed by atoms with Crippen molar-refractivity contribution in [2.45, 2.75) is 19.6 Å². The van der Waals surface area contributed by atoms with Crippen molar-refractivity contribution in [3.8, 4) is 16.3 Å². The lowest BCUT2D eigenvalue weighted by Gasteiger charge is -2.06. The summed E-state index contributed by atoms with van der Waals surface area (Å²) in [5, 5.41) is 14.5. The van der Waals surface area contributed by atoms with Crippen LogP contribution in [0, 0.1) is 6.92 Å². The van der Waals surface area contributed by atoms with Gasteiger partial charge in [0.1, 0.15) is 10.8 Å². The number of hydrogen-bond donors (Lipinski definition) is 1. The Labute approximate surface area is 178 Å². The smallest absolute Gasteiger partial charge is 0.416 e. The summed E-state index contributed by atoms with van der Waals surface area (Å²) in [6.07, 6.45) is -2.71. The average Bonchev–Trinajstić information content (AvgIpc) is 3.29. The third-order valence-electron chi connectivity index (χ3n) is 4.62. The van der Waals surface area contributed by atoms with Gasteiger partial charge in [-0.2, -0.15) is 18.3 Å². The minimum absolute atomic E-state index is 0.424. The Morgan fingerprint density at radius 1 is 1.19 bits per heavy atom.